The van der Waals surface area contributed by atoms with Crippen molar-refractivity contribution in [3.63, 3.8) is 0 Å². The number of nitro benzene ring substituents is 1. The maximum Gasteiger partial charge on any atom is 0.306 e. The fraction of sp³-hybridized carbons (Fsp3) is 0.154. The summed E-state index contributed by atoms with van der Waals surface area (Å²) < 4.78 is 13.2. The highest BCUT2D eigenvalue weighted by Crippen LogP contribution is 2.21. The van der Waals surface area contributed by atoms with Gasteiger partial charge in [0.15, 0.2) is 0 Å². The molecule has 1 aromatic carbocycles. The number of anilines is 1. The first-order valence-corrected chi connectivity index (χ1v) is 6.91. The molecule has 0 aliphatic carbocycles. The van der Waals surface area contributed by atoms with Gasteiger partial charge in [-0.05, 0) is 23.6 Å². The maximum atomic E-state index is 13.2. The Labute approximate surface area is 123 Å². The molecular formula is C13H12FN3O3S. The van der Waals surface area contributed by atoms with Crippen LogP contribution in [0, 0.1) is 15.9 Å². The molecule has 2 N–H and O–H groups in total. The number of carbonyl (C=O) groups excluding carboxylic acids is 1. The summed E-state index contributed by atoms with van der Waals surface area (Å²) in [5.41, 5.74) is -0.481. The first-order valence-electron chi connectivity index (χ1n) is 6.03. The second-order valence-corrected chi connectivity index (χ2v) is 5.19. The predicted molar refractivity (Wildman–Crippen MR) is 77.7 cm³/mol. The summed E-state index contributed by atoms with van der Waals surface area (Å²) in [6.45, 7) is 0.623. The second kappa shape index (κ2) is 6.91. The van der Waals surface area contributed by atoms with Crippen LogP contribution in [0.15, 0.2) is 35.7 Å². The van der Waals surface area contributed by atoms with Gasteiger partial charge in [0, 0.05) is 23.2 Å². The van der Waals surface area contributed by atoms with E-state index in [9.17, 15) is 19.3 Å². The summed E-state index contributed by atoms with van der Waals surface area (Å²) in [6, 6.07) is 7.08. The molecule has 1 heterocycles. The molecule has 0 bridgehead atoms. The van der Waals surface area contributed by atoms with E-state index in [1.165, 1.54) is 6.07 Å². The van der Waals surface area contributed by atoms with Gasteiger partial charge in [0.05, 0.1) is 11.5 Å². The van der Waals surface area contributed by atoms with Crippen molar-refractivity contribution in [1.82, 2.24) is 5.32 Å². The Balaban J connectivity index is 1.87. The van der Waals surface area contributed by atoms with Crippen LogP contribution in [0.2, 0.25) is 0 Å². The molecule has 1 amide bonds. The Morgan fingerprint density at radius 2 is 2.19 bits per heavy atom. The minimum absolute atomic E-state index is 0.0586. The minimum Gasteiger partial charge on any atom is -0.325 e. The lowest BCUT2D eigenvalue weighted by molar-refractivity contribution is -0.387. The van der Waals surface area contributed by atoms with Gasteiger partial charge < -0.3 is 10.6 Å². The molecule has 0 atom stereocenters. The molecule has 1 aromatic heterocycles. The summed E-state index contributed by atoms with van der Waals surface area (Å²) in [6.07, 6.45) is 0. The number of benzene rings is 1. The smallest absolute Gasteiger partial charge is 0.306 e. The Kier molecular flexibility index (Phi) is 4.96. The summed E-state index contributed by atoms with van der Waals surface area (Å²) in [7, 11) is 0. The largest absolute Gasteiger partial charge is 0.325 e. The normalized spacial score (nSPS) is 10.3. The Hall–Kier alpha value is -2.32. The van der Waals surface area contributed by atoms with Gasteiger partial charge in [-0.2, -0.15) is 4.39 Å². The van der Waals surface area contributed by atoms with Crippen LogP contribution in [0.3, 0.4) is 0 Å². The fourth-order valence-corrected chi connectivity index (χ4v) is 2.32. The van der Waals surface area contributed by atoms with Crippen molar-refractivity contribution in [3.8, 4) is 0 Å². The lowest BCUT2D eigenvalue weighted by Gasteiger charge is -2.06. The first-order chi connectivity index (χ1) is 10.1. The Morgan fingerprint density at radius 3 is 2.86 bits per heavy atom. The monoisotopic (exact) mass is 309 g/mol. The molecule has 0 fully saturated rings. The third-order valence-electron chi connectivity index (χ3n) is 2.59. The molecule has 0 saturated heterocycles. The number of nitrogens with one attached hydrogen (secondary N) is 2. The van der Waals surface area contributed by atoms with Gasteiger partial charge in [-0.1, -0.05) is 6.07 Å². The molecule has 6 nitrogen and oxygen atoms in total. The molecular weight excluding hydrogens is 297 g/mol. The van der Waals surface area contributed by atoms with Crippen LogP contribution in [0.25, 0.3) is 0 Å². The van der Waals surface area contributed by atoms with Gasteiger partial charge >= 0.3 is 5.69 Å². The second-order valence-electron chi connectivity index (χ2n) is 4.15. The summed E-state index contributed by atoms with van der Waals surface area (Å²) in [5, 5.41) is 18.0. The highest BCUT2D eigenvalue weighted by Gasteiger charge is 2.15. The van der Waals surface area contributed by atoms with Crippen molar-refractivity contribution in [2.75, 3.05) is 11.9 Å². The number of hydrogen-bond acceptors (Lipinski definition) is 5. The van der Waals surface area contributed by atoms with E-state index in [1.807, 2.05) is 17.5 Å². The topological polar surface area (TPSA) is 84.3 Å². The lowest BCUT2D eigenvalue weighted by atomic mass is 10.2. The molecule has 0 unspecified atom stereocenters. The van der Waals surface area contributed by atoms with Crippen LogP contribution in [-0.4, -0.2) is 17.4 Å². The van der Waals surface area contributed by atoms with Gasteiger partial charge in [0.25, 0.3) is 0 Å². The average Bonchev–Trinajstić information content (AvgIpc) is 2.94. The lowest BCUT2D eigenvalue weighted by Crippen LogP contribution is -2.27. The quantitative estimate of drug-likeness (QED) is 0.634. The number of carbonyl (C=O) groups is 1. The van der Waals surface area contributed by atoms with Crippen molar-refractivity contribution in [1.29, 1.82) is 0 Å². The zero-order chi connectivity index (χ0) is 15.2. The Morgan fingerprint density at radius 1 is 1.38 bits per heavy atom. The molecule has 21 heavy (non-hydrogen) atoms. The number of rotatable bonds is 6. The van der Waals surface area contributed by atoms with Crippen molar-refractivity contribution in [2.24, 2.45) is 0 Å². The van der Waals surface area contributed by atoms with Gasteiger partial charge in [0.2, 0.25) is 11.7 Å². The van der Waals surface area contributed by atoms with Crippen molar-refractivity contribution < 1.29 is 14.1 Å². The van der Waals surface area contributed by atoms with Crippen LogP contribution in [0.4, 0.5) is 15.8 Å². The minimum atomic E-state index is -0.936. The molecule has 2 aromatic rings. The highest BCUT2D eigenvalue weighted by atomic mass is 32.1. The van der Waals surface area contributed by atoms with Crippen molar-refractivity contribution in [3.05, 3.63) is 56.5 Å². The number of hydrogen-bond donors (Lipinski definition) is 2. The number of amides is 1. The SMILES string of the molecule is O=C(CNCc1cccs1)Nc1ccc(F)c([N+](=O)[O-])c1. The zero-order valence-corrected chi connectivity index (χ0v) is 11.7. The fourth-order valence-electron chi connectivity index (χ4n) is 1.65. The molecule has 2 rings (SSSR count). The van der Waals surface area contributed by atoms with E-state index < -0.39 is 16.4 Å². The molecule has 0 aliphatic rings. The molecule has 8 heteroatoms. The van der Waals surface area contributed by atoms with E-state index in [2.05, 4.69) is 10.6 Å². The number of nitro groups is 1. The molecule has 0 aliphatic heterocycles. The Bertz CT molecular complexity index is 646. The van der Waals surface area contributed by atoms with Crippen LogP contribution in [-0.2, 0) is 11.3 Å². The van der Waals surface area contributed by atoms with Crippen LogP contribution in [0.5, 0.6) is 0 Å². The number of halogens is 1. The summed E-state index contributed by atoms with van der Waals surface area (Å²) in [5.74, 6) is -1.29. The highest BCUT2D eigenvalue weighted by molar-refractivity contribution is 7.09. The number of thiophene rings is 1. The number of nitrogens with zero attached hydrogens (tertiary/aromatic N) is 1. The van der Waals surface area contributed by atoms with E-state index >= 15 is 0 Å². The van der Waals surface area contributed by atoms with E-state index in [0.29, 0.717) is 6.54 Å². The predicted octanol–water partition coefficient (Wildman–Crippen LogP) is 2.52. The van der Waals surface area contributed by atoms with Crippen LogP contribution < -0.4 is 10.6 Å². The third kappa shape index (κ3) is 4.33. The van der Waals surface area contributed by atoms with Crippen molar-refractivity contribution in [2.45, 2.75) is 6.54 Å². The van der Waals surface area contributed by atoms with Gasteiger partial charge in [-0.25, -0.2) is 0 Å². The van der Waals surface area contributed by atoms with Crippen LogP contribution >= 0.6 is 11.3 Å². The van der Waals surface area contributed by atoms with Crippen molar-refractivity contribution >= 4 is 28.6 Å². The van der Waals surface area contributed by atoms with E-state index in [4.69, 9.17) is 0 Å². The first kappa shape index (κ1) is 15.1. The van der Waals surface area contributed by atoms with E-state index in [-0.39, 0.29) is 18.1 Å². The molecule has 0 saturated carbocycles. The van der Waals surface area contributed by atoms with Gasteiger partial charge in [0.1, 0.15) is 0 Å². The molecule has 0 radical (unpaired) electrons. The van der Waals surface area contributed by atoms with Crippen LogP contribution in [0.1, 0.15) is 4.88 Å². The zero-order valence-electron chi connectivity index (χ0n) is 10.8. The third-order valence-corrected chi connectivity index (χ3v) is 3.47. The van der Waals surface area contributed by atoms with Gasteiger partial charge in [-0.3, -0.25) is 14.9 Å². The summed E-state index contributed by atoms with van der Waals surface area (Å²) in [4.78, 5) is 22.5. The standard InChI is InChI=1S/C13H12FN3O3S/c14-11-4-3-9(6-12(11)17(19)20)16-13(18)8-15-7-10-2-1-5-21-10/h1-6,15H,7-8H2,(H,16,18). The average molecular weight is 309 g/mol. The van der Waals surface area contributed by atoms with Gasteiger partial charge in [-0.15, -0.1) is 11.3 Å². The maximum absolute atomic E-state index is 13.2. The molecule has 110 valence electrons. The summed E-state index contributed by atoms with van der Waals surface area (Å²) >= 11 is 1.57. The molecule has 0 spiro atoms. The van der Waals surface area contributed by atoms with E-state index in [1.54, 1.807) is 11.3 Å². The van der Waals surface area contributed by atoms with E-state index in [0.717, 1.165) is 17.0 Å².